The predicted octanol–water partition coefficient (Wildman–Crippen LogP) is 4.75. The van der Waals surface area contributed by atoms with E-state index in [2.05, 4.69) is 50.2 Å². The zero-order valence-electron chi connectivity index (χ0n) is 14.0. The van der Waals surface area contributed by atoms with Gasteiger partial charge in [-0.25, -0.2) is 0 Å². The number of halogens is 1. The summed E-state index contributed by atoms with van der Waals surface area (Å²) in [5.74, 6) is 0.761. The average molecular weight is 311 g/mol. The van der Waals surface area contributed by atoms with Crippen LogP contribution in [-0.4, -0.2) is 31.6 Å². The van der Waals surface area contributed by atoms with Gasteiger partial charge in [0.05, 0.1) is 0 Å². The molecule has 0 fully saturated rings. The van der Waals surface area contributed by atoms with Crippen LogP contribution < -0.4 is 5.32 Å². The van der Waals surface area contributed by atoms with Crippen molar-refractivity contribution in [3.63, 3.8) is 0 Å². The molecule has 0 aliphatic heterocycles. The Morgan fingerprint density at radius 2 is 1.95 bits per heavy atom. The molecule has 0 heterocycles. The van der Waals surface area contributed by atoms with E-state index in [9.17, 15) is 0 Å². The Balaban J connectivity index is 2.60. The zero-order valence-corrected chi connectivity index (χ0v) is 14.8. The molecule has 3 heteroatoms. The Morgan fingerprint density at radius 3 is 2.57 bits per heavy atom. The molecule has 0 aromatic heterocycles. The molecule has 120 valence electrons. The SMILES string of the molecule is CCCNC(CCN(C)CC(C)CC)c1ccccc1Cl. The lowest BCUT2D eigenvalue weighted by Gasteiger charge is -2.25. The van der Waals surface area contributed by atoms with Crippen LogP contribution >= 0.6 is 11.6 Å². The Labute approximate surface area is 135 Å². The van der Waals surface area contributed by atoms with Crippen LogP contribution in [0.25, 0.3) is 0 Å². The monoisotopic (exact) mass is 310 g/mol. The van der Waals surface area contributed by atoms with E-state index >= 15 is 0 Å². The molecule has 1 aromatic carbocycles. The molecular formula is C18H31ClN2. The molecule has 0 amide bonds. The van der Waals surface area contributed by atoms with Gasteiger partial charge in [-0.3, -0.25) is 0 Å². The van der Waals surface area contributed by atoms with Crippen molar-refractivity contribution in [1.82, 2.24) is 10.2 Å². The molecule has 0 saturated heterocycles. The Kier molecular flexibility index (Phi) is 8.98. The molecule has 2 nitrogen and oxygen atoms in total. The van der Waals surface area contributed by atoms with Crippen LogP contribution in [0.1, 0.15) is 51.6 Å². The zero-order chi connectivity index (χ0) is 15.7. The van der Waals surface area contributed by atoms with E-state index in [-0.39, 0.29) is 0 Å². The van der Waals surface area contributed by atoms with Crippen molar-refractivity contribution in [2.75, 3.05) is 26.7 Å². The van der Waals surface area contributed by atoms with Crippen LogP contribution in [0.5, 0.6) is 0 Å². The van der Waals surface area contributed by atoms with Gasteiger partial charge in [0.15, 0.2) is 0 Å². The van der Waals surface area contributed by atoms with Crippen LogP contribution in [-0.2, 0) is 0 Å². The van der Waals surface area contributed by atoms with Crippen LogP contribution in [0.4, 0.5) is 0 Å². The number of hydrogen-bond acceptors (Lipinski definition) is 2. The highest BCUT2D eigenvalue weighted by atomic mass is 35.5. The first-order chi connectivity index (χ1) is 10.1. The van der Waals surface area contributed by atoms with Gasteiger partial charge in [-0.2, -0.15) is 0 Å². The number of benzene rings is 1. The average Bonchev–Trinajstić information content (AvgIpc) is 2.48. The summed E-state index contributed by atoms with van der Waals surface area (Å²) in [6.45, 7) is 10.1. The highest BCUT2D eigenvalue weighted by molar-refractivity contribution is 6.31. The Hall–Kier alpha value is -0.570. The van der Waals surface area contributed by atoms with Crippen LogP contribution in [0, 0.1) is 5.92 Å². The van der Waals surface area contributed by atoms with Gasteiger partial charge in [0.25, 0.3) is 0 Å². The van der Waals surface area contributed by atoms with Crippen LogP contribution in [0.15, 0.2) is 24.3 Å². The molecular weight excluding hydrogens is 280 g/mol. The van der Waals surface area contributed by atoms with Crippen molar-refractivity contribution in [2.45, 2.75) is 46.1 Å². The van der Waals surface area contributed by atoms with Crippen molar-refractivity contribution in [2.24, 2.45) is 5.92 Å². The minimum absolute atomic E-state index is 0.345. The molecule has 0 saturated carbocycles. The lowest BCUT2D eigenvalue weighted by Crippen LogP contribution is -2.30. The maximum atomic E-state index is 6.37. The van der Waals surface area contributed by atoms with Crippen molar-refractivity contribution < 1.29 is 0 Å². The maximum absolute atomic E-state index is 6.37. The summed E-state index contributed by atoms with van der Waals surface area (Å²) in [7, 11) is 2.22. The topological polar surface area (TPSA) is 15.3 Å². The molecule has 0 radical (unpaired) electrons. The molecule has 1 N–H and O–H groups in total. The van der Waals surface area contributed by atoms with E-state index in [1.807, 2.05) is 12.1 Å². The summed E-state index contributed by atoms with van der Waals surface area (Å²) in [6.07, 6.45) is 3.48. The van der Waals surface area contributed by atoms with Crippen molar-refractivity contribution >= 4 is 11.6 Å². The second kappa shape index (κ2) is 10.2. The summed E-state index contributed by atoms with van der Waals surface area (Å²) >= 11 is 6.37. The fraction of sp³-hybridized carbons (Fsp3) is 0.667. The lowest BCUT2D eigenvalue weighted by molar-refractivity contribution is 0.266. The maximum Gasteiger partial charge on any atom is 0.0453 e. The third kappa shape index (κ3) is 6.82. The summed E-state index contributed by atoms with van der Waals surface area (Å²) < 4.78 is 0. The second-order valence-corrected chi connectivity index (χ2v) is 6.50. The third-order valence-corrected chi connectivity index (χ3v) is 4.39. The van der Waals surface area contributed by atoms with E-state index in [1.165, 1.54) is 18.5 Å². The fourth-order valence-electron chi connectivity index (χ4n) is 2.55. The van der Waals surface area contributed by atoms with E-state index in [0.29, 0.717) is 6.04 Å². The largest absolute Gasteiger partial charge is 0.310 e. The summed E-state index contributed by atoms with van der Waals surface area (Å²) in [4.78, 5) is 2.44. The number of hydrogen-bond donors (Lipinski definition) is 1. The first-order valence-corrected chi connectivity index (χ1v) is 8.62. The van der Waals surface area contributed by atoms with Gasteiger partial charge in [0.2, 0.25) is 0 Å². The van der Waals surface area contributed by atoms with Gasteiger partial charge in [0, 0.05) is 17.6 Å². The van der Waals surface area contributed by atoms with E-state index in [0.717, 1.165) is 36.9 Å². The molecule has 0 aliphatic rings. The quantitative estimate of drug-likeness (QED) is 0.671. The normalized spacial score (nSPS) is 14.4. The van der Waals surface area contributed by atoms with Gasteiger partial charge in [-0.15, -0.1) is 0 Å². The minimum Gasteiger partial charge on any atom is -0.310 e. The van der Waals surface area contributed by atoms with E-state index < -0.39 is 0 Å². The van der Waals surface area contributed by atoms with Gasteiger partial charge < -0.3 is 10.2 Å². The number of nitrogens with one attached hydrogen (secondary N) is 1. The van der Waals surface area contributed by atoms with Gasteiger partial charge in [-0.05, 0) is 50.5 Å². The van der Waals surface area contributed by atoms with Crippen LogP contribution in [0.3, 0.4) is 0 Å². The van der Waals surface area contributed by atoms with Gasteiger partial charge in [-0.1, -0.05) is 57.0 Å². The lowest BCUT2D eigenvalue weighted by atomic mass is 10.0. The van der Waals surface area contributed by atoms with E-state index in [4.69, 9.17) is 11.6 Å². The van der Waals surface area contributed by atoms with Gasteiger partial charge in [0.1, 0.15) is 0 Å². The smallest absolute Gasteiger partial charge is 0.0453 e. The van der Waals surface area contributed by atoms with Crippen molar-refractivity contribution in [3.8, 4) is 0 Å². The first kappa shape index (κ1) is 18.5. The molecule has 0 bridgehead atoms. The Morgan fingerprint density at radius 1 is 1.24 bits per heavy atom. The van der Waals surface area contributed by atoms with Crippen molar-refractivity contribution in [3.05, 3.63) is 34.9 Å². The number of nitrogens with zero attached hydrogens (tertiary/aromatic N) is 1. The summed E-state index contributed by atoms with van der Waals surface area (Å²) in [5.41, 5.74) is 1.23. The summed E-state index contributed by atoms with van der Waals surface area (Å²) in [6, 6.07) is 8.55. The molecule has 2 unspecified atom stereocenters. The molecule has 1 aromatic rings. The molecule has 1 rings (SSSR count). The summed E-state index contributed by atoms with van der Waals surface area (Å²) in [5, 5.41) is 4.51. The standard InChI is InChI=1S/C18H31ClN2/c1-5-12-20-18(16-9-7-8-10-17(16)19)11-13-21(4)14-15(3)6-2/h7-10,15,18,20H,5-6,11-14H2,1-4H3. The first-order valence-electron chi connectivity index (χ1n) is 8.24. The molecule has 2 atom stereocenters. The van der Waals surface area contributed by atoms with Crippen LogP contribution in [0.2, 0.25) is 5.02 Å². The molecule has 0 aliphatic carbocycles. The van der Waals surface area contributed by atoms with Crippen molar-refractivity contribution in [1.29, 1.82) is 0 Å². The molecule has 0 spiro atoms. The minimum atomic E-state index is 0.345. The fourth-order valence-corrected chi connectivity index (χ4v) is 2.81. The highest BCUT2D eigenvalue weighted by Gasteiger charge is 2.15. The number of rotatable bonds is 10. The molecule has 21 heavy (non-hydrogen) atoms. The highest BCUT2D eigenvalue weighted by Crippen LogP contribution is 2.25. The van der Waals surface area contributed by atoms with E-state index in [1.54, 1.807) is 0 Å². The second-order valence-electron chi connectivity index (χ2n) is 6.09. The van der Waals surface area contributed by atoms with Gasteiger partial charge >= 0.3 is 0 Å². The Bertz CT molecular complexity index is 395. The third-order valence-electron chi connectivity index (χ3n) is 4.04. The predicted molar refractivity (Wildman–Crippen MR) is 94.1 cm³/mol.